The second-order valence-electron chi connectivity index (χ2n) is 5.28. The summed E-state index contributed by atoms with van der Waals surface area (Å²) in [6, 6.07) is 5.78. The van der Waals surface area contributed by atoms with Crippen molar-refractivity contribution in [3.8, 4) is 5.69 Å². The highest BCUT2D eigenvalue weighted by atomic mass is 19.1. The lowest BCUT2D eigenvalue weighted by Crippen LogP contribution is -2.15. The Kier molecular flexibility index (Phi) is 2.63. The first-order chi connectivity index (χ1) is 10.2. The van der Waals surface area contributed by atoms with Gasteiger partial charge in [-0.1, -0.05) is 0 Å². The number of aromatic nitrogens is 4. The van der Waals surface area contributed by atoms with Crippen molar-refractivity contribution in [3.05, 3.63) is 51.7 Å². The number of aryl methyl sites for hydroxylation is 2. The highest BCUT2D eigenvalue weighted by Gasteiger charge is 2.19. The van der Waals surface area contributed by atoms with Crippen LogP contribution in [0, 0.1) is 5.82 Å². The van der Waals surface area contributed by atoms with Crippen molar-refractivity contribution in [2.24, 2.45) is 0 Å². The Morgan fingerprint density at radius 2 is 1.86 bits per heavy atom. The number of hydrogen-bond acceptors (Lipinski definition) is 3. The molecule has 106 valence electrons. The SMILES string of the molecule is O=c1c2nnc3c(c2[nH]n1-c1ccc(F)cc1)CCCC3. The third-order valence-corrected chi connectivity index (χ3v) is 3.96. The van der Waals surface area contributed by atoms with Crippen LogP contribution >= 0.6 is 0 Å². The van der Waals surface area contributed by atoms with E-state index in [0.717, 1.165) is 42.5 Å². The van der Waals surface area contributed by atoms with Crippen LogP contribution in [0.15, 0.2) is 29.1 Å². The Hall–Kier alpha value is -2.50. The number of aromatic amines is 1. The van der Waals surface area contributed by atoms with Gasteiger partial charge in [0, 0.05) is 5.56 Å². The van der Waals surface area contributed by atoms with Crippen LogP contribution in [0.2, 0.25) is 0 Å². The first-order valence-electron chi connectivity index (χ1n) is 6.99. The minimum Gasteiger partial charge on any atom is -0.288 e. The van der Waals surface area contributed by atoms with Gasteiger partial charge in [0.2, 0.25) is 0 Å². The maximum atomic E-state index is 13.0. The quantitative estimate of drug-likeness (QED) is 0.744. The highest BCUT2D eigenvalue weighted by molar-refractivity contribution is 5.78. The number of rotatable bonds is 1. The topological polar surface area (TPSA) is 63.6 Å². The van der Waals surface area contributed by atoms with Crippen molar-refractivity contribution >= 4 is 11.0 Å². The monoisotopic (exact) mass is 284 g/mol. The molecule has 5 nitrogen and oxygen atoms in total. The molecule has 0 aliphatic heterocycles. The number of nitrogens with one attached hydrogen (secondary N) is 1. The summed E-state index contributed by atoms with van der Waals surface area (Å²) in [5.41, 5.74) is 3.50. The molecule has 1 N–H and O–H groups in total. The zero-order valence-electron chi connectivity index (χ0n) is 11.3. The molecular weight excluding hydrogens is 271 g/mol. The van der Waals surface area contributed by atoms with Crippen molar-refractivity contribution in [2.45, 2.75) is 25.7 Å². The Labute approximate surface area is 119 Å². The summed E-state index contributed by atoms with van der Waals surface area (Å²) in [7, 11) is 0. The first-order valence-corrected chi connectivity index (χ1v) is 6.99. The van der Waals surface area contributed by atoms with Gasteiger partial charge in [0.1, 0.15) is 5.82 Å². The lowest BCUT2D eigenvalue weighted by molar-refractivity contribution is 0.627. The molecule has 6 heteroatoms. The van der Waals surface area contributed by atoms with Gasteiger partial charge in [-0.2, -0.15) is 5.10 Å². The molecule has 0 fully saturated rings. The van der Waals surface area contributed by atoms with Gasteiger partial charge in [-0.15, -0.1) is 5.10 Å². The van der Waals surface area contributed by atoms with Crippen molar-refractivity contribution < 1.29 is 4.39 Å². The molecule has 1 aliphatic rings. The number of hydrogen-bond donors (Lipinski definition) is 1. The third-order valence-electron chi connectivity index (χ3n) is 3.96. The lowest BCUT2D eigenvalue weighted by atomic mass is 9.96. The molecule has 2 heterocycles. The molecule has 4 rings (SSSR count). The molecule has 0 bridgehead atoms. The van der Waals surface area contributed by atoms with Crippen LogP contribution in [0.3, 0.4) is 0 Å². The average Bonchev–Trinajstić information content (AvgIpc) is 2.86. The minimum atomic E-state index is -0.333. The molecule has 0 saturated heterocycles. The van der Waals surface area contributed by atoms with Crippen LogP contribution in [0.4, 0.5) is 4.39 Å². The van der Waals surface area contributed by atoms with Crippen LogP contribution in [0.25, 0.3) is 16.7 Å². The van der Waals surface area contributed by atoms with Gasteiger partial charge in [0.15, 0.2) is 5.52 Å². The maximum Gasteiger partial charge on any atom is 0.299 e. The van der Waals surface area contributed by atoms with Crippen molar-refractivity contribution in [3.63, 3.8) is 0 Å². The summed E-state index contributed by atoms with van der Waals surface area (Å²) in [6.07, 6.45) is 4.01. The molecule has 3 aromatic rings. The molecule has 0 spiro atoms. The number of benzene rings is 1. The molecule has 0 radical (unpaired) electrons. The Bertz CT molecular complexity index is 879. The number of H-pyrrole nitrogens is 1. The molecule has 21 heavy (non-hydrogen) atoms. The van der Waals surface area contributed by atoms with E-state index < -0.39 is 0 Å². The zero-order chi connectivity index (χ0) is 14.4. The highest BCUT2D eigenvalue weighted by Crippen LogP contribution is 2.24. The van der Waals surface area contributed by atoms with Gasteiger partial charge in [-0.3, -0.25) is 9.89 Å². The average molecular weight is 284 g/mol. The van der Waals surface area contributed by atoms with E-state index in [-0.39, 0.29) is 11.4 Å². The van der Waals surface area contributed by atoms with E-state index in [0.29, 0.717) is 11.2 Å². The van der Waals surface area contributed by atoms with E-state index in [1.807, 2.05) is 0 Å². The zero-order valence-corrected chi connectivity index (χ0v) is 11.3. The second kappa shape index (κ2) is 4.51. The van der Waals surface area contributed by atoms with Gasteiger partial charge in [-0.05, 0) is 49.9 Å². The molecule has 0 atom stereocenters. The molecular formula is C15H13FN4O. The van der Waals surface area contributed by atoms with Gasteiger partial charge in [0.05, 0.1) is 16.9 Å². The minimum absolute atomic E-state index is 0.252. The second-order valence-corrected chi connectivity index (χ2v) is 5.28. The van der Waals surface area contributed by atoms with Crippen LogP contribution < -0.4 is 5.56 Å². The predicted molar refractivity (Wildman–Crippen MR) is 76.1 cm³/mol. The third kappa shape index (κ3) is 1.86. The smallest absolute Gasteiger partial charge is 0.288 e. The maximum absolute atomic E-state index is 13.0. The van der Waals surface area contributed by atoms with Gasteiger partial charge >= 0.3 is 0 Å². The fourth-order valence-electron chi connectivity index (χ4n) is 2.88. The van der Waals surface area contributed by atoms with E-state index in [4.69, 9.17) is 0 Å². The molecule has 1 aliphatic carbocycles. The molecule has 2 aromatic heterocycles. The summed E-state index contributed by atoms with van der Waals surface area (Å²) < 4.78 is 14.4. The van der Waals surface area contributed by atoms with E-state index in [1.165, 1.54) is 16.8 Å². The van der Waals surface area contributed by atoms with E-state index in [9.17, 15) is 9.18 Å². The Balaban J connectivity index is 1.97. The van der Waals surface area contributed by atoms with E-state index in [1.54, 1.807) is 12.1 Å². The normalized spacial score (nSPS) is 14.3. The van der Waals surface area contributed by atoms with Crippen molar-refractivity contribution in [1.82, 2.24) is 20.0 Å². The number of fused-ring (bicyclic) bond motifs is 3. The fourth-order valence-corrected chi connectivity index (χ4v) is 2.88. The molecule has 0 amide bonds. The molecule has 0 saturated carbocycles. The van der Waals surface area contributed by atoms with Crippen LogP contribution in [0.1, 0.15) is 24.1 Å². The van der Waals surface area contributed by atoms with E-state index in [2.05, 4.69) is 15.3 Å². The Morgan fingerprint density at radius 3 is 2.67 bits per heavy atom. The summed E-state index contributed by atoms with van der Waals surface area (Å²) in [6.45, 7) is 0. The fraction of sp³-hybridized carbons (Fsp3) is 0.267. The molecule has 1 aromatic carbocycles. The van der Waals surface area contributed by atoms with Gasteiger partial charge < -0.3 is 0 Å². The van der Waals surface area contributed by atoms with Crippen LogP contribution in [0.5, 0.6) is 0 Å². The van der Waals surface area contributed by atoms with Gasteiger partial charge in [-0.25, -0.2) is 9.07 Å². The molecule has 0 unspecified atom stereocenters. The summed E-state index contributed by atoms with van der Waals surface area (Å²) in [5, 5.41) is 11.4. The van der Waals surface area contributed by atoms with Crippen molar-refractivity contribution in [2.75, 3.05) is 0 Å². The summed E-state index contributed by atoms with van der Waals surface area (Å²) in [5.74, 6) is -0.333. The van der Waals surface area contributed by atoms with Gasteiger partial charge in [0.25, 0.3) is 5.56 Å². The lowest BCUT2D eigenvalue weighted by Gasteiger charge is -2.13. The number of halogens is 1. The van der Waals surface area contributed by atoms with Crippen LogP contribution in [-0.2, 0) is 12.8 Å². The van der Waals surface area contributed by atoms with E-state index >= 15 is 0 Å². The van der Waals surface area contributed by atoms with Crippen molar-refractivity contribution in [1.29, 1.82) is 0 Å². The predicted octanol–water partition coefficient (Wildman–Crippen LogP) is 2.13. The summed E-state index contributed by atoms with van der Waals surface area (Å²) in [4.78, 5) is 12.4. The standard InChI is InChI=1S/C15H13FN4O/c16-9-5-7-10(8-6-9)20-15(21)14-13(19-20)11-3-1-2-4-12(11)17-18-14/h5-8,19H,1-4H2. The number of nitrogens with zero attached hydrogens (tertiary/aromatic N) is 3. The van der Waals surface area contributed by atoms with Crippen LogP contribution in [-0.4, -0.2) is 20.0 Å². The Morgan fingerprint density at radius 1 is 1.10 bits per heavy atom. The first kappa shape index (κ1) is 12.3. The largest absolute Gasteiger partial charge is 0.299 e. The summed E-state index contributed by atoms with van der Waals surface area (Å²) >= 11 is 0.